The van der Waals surface area contributed by atoms with E-state index >= 15 is 0 Å². The maximum atomic E-state index is 12.4. The molecule has 0 radical (unpaired) electrons. The molecule has 0 saturated carbocycles. The monoisotopic (exact) mass is 426 g/mol. The Morgan fingerprint density at radius 1 is 0.897 bits per heavy atom. The molecule has 0 bridgehead atoms. The molecule has 0 aliphatic heterocycles. The molecule has 0 aliphatic carbocycles. The molecule has 150 valence electrons. The molecule has 3 aromatic rings. The maximum Gasteiger partial charge on any atom is 0.261 e. The van der Waals surface area contributed by atoms with Crippen LogP contribution in [0.25, 0.3) is 0 Å². The second-order valence-electron chi connectivity index (χ2n) is 6.53. The molecule has 0 heterocycles. The van der Waals surface area contributed by atoms with Crippen LogP contribution in [0.2, 0.25) is 0 Å². The largest absolute Gasteiger partial charge is 0.325 e. The number of aryl methyl sites for hydroxylation is 1. The highest BCUT2D eigenvalue weighted by atomic mass is 32.2. The lowest BCUT2D eigenvalue weighted by Crippen LogP contribution is -2.15. The van der Waals surface area contributed by atoms with Crippen LogP contribution in [0.5, 0.6) is 0 Å². The molecule has 29 heavy (non-hydrogen) atoms. The highest BCUT2D eigenvalue weighted by Crippen LogP contribution is 2.19. The summed E-state index contributed by atoms with van der Waals surface area (Å²) < 4.78 is 27.4. The Kier molecular flexibility index (Phi) is 6.95. The highest BCUT2D eigenvalue weighted by Gasteiger charge is 2.14. The van der Waals surface area contributed by atoms with Gasteiger partial charge in [0.1, 0.15) is 0 Å². The Balaban J connectivity index is 1.52. The molecule has 0 atom stereocenters. The van der Waals surface area contributed by atoms with Crippen LogP contribution >= 0.6 is 11.8 Å². The number of benzene rings is 3. The summed E-state index contributed by atoms with van der Waals surface area (Å²) in [5.74, 6) is 0.960. The average molecular weight is 427 g/mol. The van der Waals surface area contributed by atoms with Gasteiger partial charge in [0.15, 0.2) is 0 Å². The van der Waals surface area contributed by atoms with Gasteiger partial charge in [-0.15, -0.1) is 11.8 Å². The van der Waals surface area contributed by atoms with Crippen molar-refractivity contribution in [2.45, 2.75) is 17.6 Å². The van der Waals surface area contributed by atoms with Crippen LogP contribution in [-0.2, 0) is 20.6 Å². The number of para-hydroxylation sites is 1. The smallest absolute Gasteiger partial charge is 0.261 e. The highest BCUT2D eigenvalue weighted by molar-refractivity contribution is 7.99. The number of nitrogens with one attached hydrogen (secondary N) is 2. The molecule has 0 aromatic heterocycles. The second-order valence-corrected chi connectivity index (χ2v) is 9.19. The van der Waals surface area contributed by atoms with E-state index in [2.05, 4.69) is 16.1 Å². The Hall–Kier alpha value is -2.77. The molecule has 0 saturated heterocycles. The summed E-state index contributed by atoms with van der Waals surface area (Å²) in [6, 6.07) is 23.0. The summed E-state index contributed by atoms with van der Waals surface area (Å²) in [5.41, 5.74) is 3.44. The molecule has 3 aromatic carbocycles. The molecule has 5 nitrogen and oxygen atoms in total. The van der Waals surface area contributed by atoms with Gasteiger partial charge in [-0.2, -0.15) is 0 Å². The van der Waals surface area contributed by atoms with Crippen LogP contribution in [0.1, 0.15) is 11.1 Å². The summed E-state index contributed by atoms with van der Waals surface area (Å²) in [6.07, 6.45) is 0. The number of amides is 1. The third-order valence-corrected chi connectivity index (χ3v) is 6.46. The number of rotatable bonds is 8. The predicted molar refractivity (Wildman–Crippen MR) is 120 cm³/mol. The van der Waals surface area contributed by atoms with Crippen LogP contribution in [0.4, 0.5) is 11.4 Å². The zero-order chi connectivity index (χ0) is 20.7. The van der Waals surface area contributed by atoms with E-state index in [9.17, 15) is 13.2 Å². The fourth-order valence-electron chi connectivity index (χ4n) is 2.70. The van der Waals surface area contributed by atoms with Crippen molar-refractivity contribution >= 4 is 39.1 Å². The number of anilines is 2. The Bertz CT molecular complexity index is 1070. The lowest BCUT2D eigenvalue weighted by atomic mass is 10.2. The summed E-state index contributed by atoms with van der Waals surface area (Å²) in [5, 5.41) is 2.79. The van der Waals surface area contributed by atoms with Gasteiger partial charge in [-0.3, -0.25) is 9.52 Å². The normalized spacial score (nSPS) is 11.1. The van der Waals surface area contributed by atoms with Gasteiger partial charge in [0.05, 0.1) is 10.6 Å². The van der Waals surface area contributed by atoms with E-state index < -0.39 is 10.0 Å². The summed E-state index contributed by atoms with van der Waals surface area (Å²) >= 11 is 1.53. The fraction of sp³-hybridized carbons (Fsp3) is 0.136. The first-order valence-corrected chi connectivity index (χ1v) is 11.7. The van der Waals surface area contributed by atoms with Crippen LogP contribution in [-0.4, -0.2) is 20.1 Å². The molecule has 1 amide bonds. The van der Waals surface area contributed by atoms with Crippen molar-refractivity contribution in [2.24, 2.45) is 0 Å². The van der Waals surface area contributed by atoms with E-state index in [0.717, 1.165) is 5.75 Å². The van der Waals surface area contributed by atoms with E-state index in [1.165, 1.54) is 35.0 Å². The van der Waals surface area contributed by atoms with Crippen molar-refractivity contribution in [1.29, 1.82) is 0 Å². The van der Waals surface area contributed by atoms with Crippen molar-refractivity contribution in [2.75, 3.05) is 15.8 Å². The van der Waals surface area contributed by atoms with Crippen molar-refractivity contribution in [3.05, 3.63) is 90.0 Å². The quantitative estimate of drug-likeness (QED) is 0.549. The summed E-state index contributed by atoms with van der Waals surface area (Å²) in [6.45, 7) is 2.04. The SMILES string of the molecule is Cc1cccc(CSCC(=O)Nc2ccc(S(=O)(=O)Nc3ccccc3)cc2)c1. The van der Waals surface area contributed by atoms with E-state index in [-0.39, 0.29) is 10.8 Å². The van der Waals surface area contributed by atoms with Crippen molar-refractivity contribution in [3.8, 4) is 0 Å². The molecule has 2 N–H and O–H groups in total. The van der Waals surface area contributed by atoms with Gasteiger partial charge in [0.2, 0.25) is 5.91 Å². The molecule has 0 unspecified atom stereocenters. The molecular formula is C22H22N2O3S2. The van der Waals surface area contributed by atoms with Gasteiger partial charge in [0.25, 0.3) is 10.0 Å². The third-order valence-electron chi connectivity index (χ3n) is 4.06. The summed E-state index contributed by atoms with van der Waals surface area (Å²) in [7, 11) is -3.67. The van der Waals surface area contributed by atoms with E-state index in [1.54, 1.807) is 36.4 Å². The lowest BCUT2D eigenvalue weighted by Gasteiger charge is -2.09. The molecule has 7 heteroatoms. The van der Waals surface area contributed by atoms with E-state index in [1.807, 2.05) is 31.2 Å². The van der Waals surface area contributed by atoms with Gasteiger partial charge in [-0.25, -0.2) is 8.42 Å². The topological polar surface area (TPSA) is 75.3 Å². The molecule has 0 aliphatic rings. The average Bonchev–Trinajstić information content (AvgIpc) is 2.69. The Morgan fingerprint density at radius 3 is 2.31 bits per heavy atom. The minimum Gasteiger partial charge on any atom is -0.325 e. The van der Waals surface area contributed by atoms with Crippen LogP contribution in [0.15, 0.2) is 83.8 Å². The first-order chi connectivity index (χ1) is 13.9. The third kappa shape index (κ3) is 6.37. The van der Waals surface area contributed by atoms with Gasteiger partial charge < -0.3 is 5.32 Å². The molecular weight excluding hydrogens is 404 g/mol. The number of hydrogen-bond donors (Lipinski definition) is 2. The molecule has 0 fully saturated rings. The van der Waals surface area contributed by atoms with Crippen LogP contribution in [0.3, 0.4) is 0 Å². The van der Waals surface area contributed by atoms with Crippen LogP contribution < -0.4 is 10.0 Å². The Labute approximate surface area is 175 Å². The van der Waals surface area contributed by atoms with Crippen molar-refractivity contribution < 1.29 is 13.2 Å². The zero-order valence-electron chi connectivity index (χ0n) is 16.0. The maximum absolute atomic E-state index is 12.4. The predicted octanol–water partition coefficient (Wildman–Crippen LogP) is 4.67. The molecule has 3 rings (SSSR count). The summed E-state index contributed by atoms with van der Waals surface area (Å²) in [4.78, 5) is 12.3. The first kappa shape index (κ1) is 21.0. The van der Waals surface area contributed by atoms with Gasteiger partial charge in [-0.05, 0) is 48.9 Å². The van der Waals surface area contributed by atoms with Crippen LogP contribution in [0, 0.1) is 6.92 Å². The number of carbonyl (C=O) groups is 1. The van der Waals surface area contributed by atoms with E-state index in [4.69, 9.17) is 0 Å². The Morgan fingerprint density at radius 2 is 1.62 bits per heavy atom. The van der Waals surface area contributed by atoms with Gasteiger partial charge in [0, 0.05) is 17.1 Å². The molecule has 0 spiro atoms. The minimum absolute atomic E-state index is 0.124. The second kappa shape index (κ2) is 9.62. The number of sulfonamides is 1. The fourth-order valence-corrected chi connectivity index (χ4v) is 4.53. The standard InChI is InChI=1S/C22H22N2O3S2/c1-17-6-5-7-18(14-17)15-28-16-22(25)23-19-10-12-21(13-11-19)29(26,27)24-20-8-3-2-4-9-20/h2-14,24H,15-16H2,1H3,(H,23,25). The van der Waals surface area contributed by atoms with Crippen molar-refractivity contribution in [3.63, 3.8) is 0 Å². The number of hydrogen-bond acceptors (Lipinski definition) is 4. The van der Waals surface area contributed by atoms with Crippen molar-refractivity contribution in [1.82, 2.24) is 0 Å². The zero-order valence-corrected chi connectivity index (χ0v) is 17.6. The number of carbonyl (C=O) groups excluding carboxylic acids is 1. The number of thioether (sulfide) groups is 1. The first-order valence-electron chi connectivity index (χ1n) is 9.03. The van der Waals surface area contributed by atoms with E-state index in [0.29, 0.717) is 17.1 Å². The lowest BCUT2D eigenvalue weighted by molar-refractivity contribution is -0.113. The minimum atomic E-state index is -3.67. The van der Waals surface area contributed by atoms with Gasteiger partial charge >= 0.3 is 0 Å². The van der Waals surface area contributed by atoms with Gasteiger partial charge in [-0.1, -0.05) is 48.0 Å².